The van der Waals surface area contributed by atoms with Crippen LogP contribution in [0.4, 0.5) is 19.0 Å². The fourth-order valence-corrected chi connectivity index (χ4v) is 3.28. The van der Waals surface area contributed by atoms with Crippen molar-refractivity contribution in [1.29, 1.82) is 0 Å². The molecule has 0 radical (unpaired) electrons. The quantitative estimate of drug-likeness (QED) is 0.508. The van der Waals surface area contributed by atoms with E-state index in [-0.39, 0.29) is 12.8 Å². The van der Waals surface area contributed by atoms with Crippen molar-refractivity contribution < 1.29 is 18.0 Å². The third-order valence-electron chi connectivity index (χ3n) is 4.85. The van der Waals surface area contributed by atoms with Crippen molar-refractivity contribution in [2.45, 2.75) is 38.4 Å². The lowest BCUT2D eigenvalue weighted by Gasteiger charge is -2.32. The number of amides is 1. The molecule has 3 N–H and O–H groups in total. The number of carbonyl (C=O) groups excluding carboxylic acids is 1. The first kappa shape index (κ1) is 21.8. The minimum Gasteiger partial charge on any atom is -0.356 e. The van der Waals surface area contributed by atoms with Crippen LogP contribution in [0.15, 0.2) is 30.7 Å². The second-order valence-electron chi connectivity index (χ2n) is 6.73. The Morgan fingerprint density at radius 1 is 1.23 bits per heavy atom. The van der Waals surface area contributed by atoms with E-state index in [9.17, 15) is 18.0 Å². The van der Waals surface area contributed by atoms with Crippen molar-refractivity contribution >= 4 is 34.4 Å². The molecule has 0 saturated heterocycles. The fourth-order valence-electron chi connectivity index (χ4n) is 3.12. The number of anilines is 1. The van der Waals surface area contributed by atoms with Gasteiger partial charge in [0.2, 0.25) is 5.91 Å². The minimum absolute atomic E-state index is 0.263. The van der Waals surface area contributed by atoms with Crippen molar-refractivity contribution in [3.05, 3.63) is 35.7 Å². The third-order valence-corrected chi connectivity index (χ3v) is 5.06. The highest BCUT2D eigenvalue weighted by Crippen LogP contribution is 2.29. The molecule has 0 unspecified atom stereocenters. The van der Waals surface area contributed by atoms with Crippen molar-refractivity contribution in [2.75, 3.05) is 11.9 Å². The van der Waals surface area contributed by atoms with Crippen LogP contribution < -0.4 is 10.6 Å². The number of hydrogen-bond acceptors (Lipinski definition) is 5. The van der Waals surface area contributed by atoms with E-state index < -0.39 is 24.2 Å². The molecule has 0 aliphatic carbocycles. The van der Waals surface area contributed by atoms with Gasteiger partial charge in [-0.05, 0) is 25.0 Å². The van der Waals surface area contributed by atoms with Crippen LogP contribution in [0.2, 0.25) is 5.02 Å². The summed E-state index contributed by atoms with van der Waals surface area (Å²) >= 11 is 6.03. The topological polar surface area (TPSA) is 95.6 Å². The summed E-state index contributed by atoms with van der Waals surface area (Å²) in [6.07, 6.45) is 0.745. The molecule has 0 spiro atoms. The van der Waals surface area contributed by atoms with Crippen LogP contribution in [0.25, 0.3) is 22.4 Å². The number of rotatable bonds is 7. The van der Waals surface area contributed by atoms with Crippen LogP contribution in [0.3, 0.4) is 0 Å². The van der Waals surface area contributed by atoms with Crippen LogP contribution in [0.5, 0.6) is 0 Å². The number of nitrogens with one attached hydrogen (secondary N) is 3. The molecule has 0 aromatic carbocycles. The van der Waals surface area contributed by atoms with E-state index in [0.717, 1.165) is 5.39 Å². The molecule has 0 aliphatic heterocycles. The number of halogens is 4. The number of aromatic amines is 1. The molecule has 3 aromatic heterocycles. The molecule has 30 heavy (non-hydrogen) atoms. The summed E-state index contributed by atoms with van der Waals surface area (Å²) in [6.45, 7) is 2.05. The van der Waals surface area contributed by atoms with Gasteiger partial charge in [0, 0.05) is 29.5 Å². The van der Waals surface area contributed by atoms with Crippen LogP contribution in [0.1, 0.15) is 26.7 Å². The van der Waals surface area contributed by atoms with Crippen molar-refractivity contribution in [3.8, 4) is 11.4 Å². The highest BCUT2D eigenvalue weighted by atomic mass is 35.5. The number of H-pyrrole nitrogens is 1. The van der Waals surface area contributed by atoms with Gasteiger partial charge in [-0.25, -0.2) is 15.0 Å². The SMILES string of the molecule is CCC(CC)(Nc1ccnc(-c2c[nH]c3ncc(Cl)cc23)n1)C(=O)NCC(F)(F)F. The van der Waals surface area contributed by atoms with Crippen molar-refractivity contribution in [2.24, 2.45) is 0 Å². The lowest BCUT2D eigenvalue weighted by Crippen LogP contribution is -2.53. The van der Waals surface area contributed by atoms with E-state index in [1.807, 2.05) is 5.32 Å². The van der Waals surface area contributed by atoms with Gasteiger partial charge >= 0.3 is 6.18 Å². The molecule has 3 heterocycles. The van der Waals surface area contributed by atoms with Gasteiger partial charge < -0.3 is 15.6 Å². The second-order valence-corrected chi connectivity index (χ2v) is 7.17. The van der Waals surface area contributed by atoms with Gasteiger partial charge in [0.1, 0.15) is 23.5 Å². The molecule has 0 atom stereocenters. The number of carbonyl (C=O) groups is 1. The van der Waals surface area contributed by atoms with Crippen molar-refractivity contribution in [3.63, 3.8) is 0 Å². The summed E-state index contributed by atoms with van der Waals surface area (Å²) in [5, 5.41) is 6.14. The molecule has 11 heteroatoms. The van der Waals surface area contributed by atoms with Crippen molar-refractivity contribution in [1.82, 2.24) is 25.3 Å². The summed E-state index contributed by atoms with van der Waals surface area (Å²) in [7, 11) is 0. The molecular formula is C19H20ClF3N6O. The third kappa shape index (κ3) is 4.64. The molecule has 7 nitrogen and oxygen atoms in total. The Hall–Kier alpha value is -2.88. The van der Waals surface area contributed by atoms with Gasteiger partial charge in [0.25, 0.3) is 0 Å². The number of alkyl halides is 3. The molecule has 160 valence electrons. The Balaban J connectivity index is 1.90. The lowest BCUT2D eigenvalue weighted by atomic mass is 9.91. The molecule has 0 fully saturated rings. The molecule has 0 bridgehead atoms. The predicted octanol–water partition coefficient (Wildman–Crippen LogP) is 4.32. The zero-order chi connectivity index (χ0) is 21.9. The maximum atomic E-state index is 12.6. The lowest BCUT2D eigenvalue weighted by molar-refractivity contribution is -0.141. The van der Waals surface area contributed by atoms with Gasteiger partial charge in [-0.3, -0.25) is 4.79 Å². The Kier molecular flexibility index (Phi) is 6.16. The minimum atomic E-state index is -4.49. The monoisotopic (exact) mass is 440 g/mol. The second kappa shape index (κ2) is 8.47. The molecular weight excluding hydrogens is 421 g/mol. The number of nitrogens with zero attached hydrogens (tertiary/aromatic N) is 3. The summed E-state index contributed by atoms with van der Waals surface area (Å²) < 4.78 is 37.6. The Morgan fingerprint density at radius 3 is 2.63 bits per heavy atom. The zero-order valence-electron chi connectivity index (χ0n) is 16.3. The Morgan fingerprint density at radius 2 is 1.97 bits per heavy atom. The average Bonchev–Trinajstić information content (AvgIpc) is 3.13. The number of hydrogen-bond donors (Lipinski definition) is 3. The Bertz CT molecular complexity index is 1050. The summed E-state index contributed by atoms with van der Waals surface area (Å²) in [4.78, 5) is 28.5. The zero-order valence-corrected chi connectivity index (χ0v) is 17.0. The first-order chi connectivity index (χ1) is 14.2. The van der Waals surface area contributed by atoms with E-state index in [4.69, 9.17) is 11.6 Å². The first-order valence-electron chi connectivity index (χ1n) is 9.26. The maximum Gasteiger partial charge on any atom is 0.405 e. The molecule has 0 aliphatic rings. The smallest absolute Gasteiger partial charge is 0.356 e. The van der Waals surface area contributed by atoms with Crippen LogP contribution >= 0.6 is 11.6 Å². The molecule has 1 amide bonds. The predicted molar refractivity (Wildman–Crippen MR) is 108 cm³/mol. The number of aromatic nitrogens is 4. The largest absolute Gasteiger partial charge is 0.405 e. The van der Waals surface area contributed by atoms with E-state index in [1.54, 1.807) is 32.2 Å². The highest BCUT2D eigenvalue weighted by molar-refractivity contribution is 6.31. The summed E-state index contributed by atoms with van der Waals surface area (Å²) in [5.41, 5.74) is 0.0187. The van der Waals surface area contributed by atoms with Gasteiger partial charge in [-0.2, -0.15) is 13.2 Å². The molecule has 3 rings (SSSR count). The van der Waals surface area contributed by atoms with Gasteiger partial charge in [-0.1, -0.05) is 25.4 Å². The van der Waals surface area contributed by atoms with Crippen LogP contribution in [-0.2, 0) is 4.79 Å². The molecule has 0 saturated carbocycles. The number of fused-ring (bicyclic) bond motifs is 1. The van der Waals surface area contributed by atoms with E-state index in [0.29, 0.717) is 27.9 Å². The highest BCUT2D eigenvalue weighted by Gasteiger charge is 2.38. The maximum absolute atomic E-state index is 12.6. The first-order valence-corrected chi connectivity index (χ1v) is 9.64. The van der Waals surface area contributed by atoms with Crippen LogP contribution in [0, 0.1) is 0 Å². The summed E-state index contributed by atoms with van der Waals surface area (Å²) in [6, 6.07) is 3.28. The number of pyridine rings is 1. The van der Waals surface area contributed by atoms with Crippen LogP contribution in [-0.4, -0.2) is 44.1 Å². The van der Waals surface area contributed by atoms with E-state index >= 15 is 0 Å². The average molecular weight is 441 g/mol. The standard InChI is InChI=1S/C19H20ClF3N6O/c1-3-18(4-2,17(30)27-10-19(21,22)23)29-14-5-6-24-16(28-14)13-9-26-15-12(13)7-11(20)8-25-15/h5-9H,3-4,10H2,1-2H3,(H,25,26)(H,27,30)(H,24,28,29). The van der Waals surface area contributed by atoms with E-state index in [2.05, 4.69) is 25.3 Å². The van der Waals surface area contributed by atoms with Gasteiger partial charge in [0.05, 0.1) is 5.02 Å². The fraction of sp³-hybridized carbons (Fsp3) is 0.368. The molecule has 3 aromatic rings. The van der Waals surface area contributed by atoms with Gasteiger partial charge in [0.15, 0.2) is 5.82 Å². The van der Waals surface area contributed by atoms with E-state index in [1.165, 1.54) is 12.4 Å². The normalized spacial score (nSPS) is 12.2. The van der Waals surface area contributed by atoms with Gasteiger partial charge in [-0.15, -0.1) is 0 Å². The summed E-state index contributed by atoms with van der Waals surface area (Å²) in [5.74, 6) is -0.0737. The Labute approximate surface area is 175 Å².